The van der Waals surface area contributed by atoms with Gasteiger partial charge in [-0.25, -0.2) is 4.98 Å². The minimum atomic E-state index is -0.0281. The van der Waals surface area contributed by atoms with Crippen molar-refractivity contribution in [3.05, 3.63) is 59.9 Å². The first-order chi connectivity index (χ1) is 10.3. The Balaban J connectivity index is 2.02. The molecule has 1 aromatic carbocycles. The Morgan fingerprint density at radius 2 is 2.00 bits per heavy atom. The molecule has 0 atom stereocenters. The summed E-state index contributed by atoms with van der Waals surface area (Å²) in [6.07, 6.45) is 2.53. The van der Waals surface area contributed by atoms with Crippen LogP contribution in [0.15, 0.2) is 48.7 Å². The Morgan fingerprint density at radius 3 is 2.81 bits per heavy atom. The van der Waals surface area contributed by atoms with E-state index >= 15 is 0 Å². The van der Waals surface area contributed by atoms with Gasteiger partial charge in [0.2, 0.25) is 5.88 Å². The Bertz CT molecular complexity index is 744. The number of aliphatic hydroxyl groups is 1. The van der Waals surface area contributed by atoms with Gasteiger partial charge in [0.05, 0.1) is 6.61 Å². The number of benzene rings is 1. The van der Waals surface area contributed by atoms with Crippen LogP contribution in [0.1, 0.15) is 18.2 Å². The molecule has 21 heavy (non-hydrogen) atoms. The third kappa shape index (κ3) is 2.85. The van der Waals surface area contributed by atoms with Gasteiger partial charge in [-0.05, 0) is 30.2 Å². The highest BCUT2D eigenvalue weighted by Crippen LogP contribution is 2.28. The fourth-order valence-corrected chi connectivity index (χ4v) is 2.22. The van der Waals surface area contributed by atoms with Crippen molar-refractivity contribution in [2.24, 2.45) is 0 Å². The molecule has 4 nitrogen and oxygen atoms in total. The van der Waals surface area contributed by atoms with Gasteiger partial charge < -0.3 is 9.84 Å². The van der Waals surface area contributed by atoms with Crippen LogP contribution in [-0.4, -0.2) is 15.1 Å². The number of aliphatic hydroxyl groups excluding tert-OH is 1. The summed E-state index contributed by atoms with van der Waals surface area (Å²) in [6.45, 7) is 1.99. The zero-order chi connectivity index (χ0) is 14.7. The largest absolute Gasteiger partial charge is 0.437 e. The number of aryl methyl sites for hydroxylation is 1. The maximum Gasteiger partial charge on any atom is 0.219 e. The summed E-state index contributed by atoms with van der Waals surface area (Å²) in [5, 5.41) is 10.3. The highest BCUT2D eigenvalue weighted by atomic mass is 16.5. The first kappa shape index (κ1) is 13.5. The van der Waals surface area contributed by atoms with Gasteiger partial charge in [-0.3, -0.25) is 4.98 Å². The van der Waals surface area contributed by atoms with Gasteiger partial charge in [0.1, 0.15) is 5.52 Å². The van der Waals surface area contributed by atoms with E-state index < -0.39 is 0 Å². The van der Waals surface area contributed by atoms with Crippen molar-refractivity contribution in [2.45, 2.75) is 20.0 Å². The van der Waals surface area contributed by atoms with E-state index in [1.807, 2.05) is 43.3 Å². The highest BCUT2D eigenvalue weighted by molar-refractivity contribution is 5.84. The number of para-hydroxylation sites is 1. The molecule has 0 spiro atoms. The van der Waals surface area contributed by atoms with Crippen molar-refractivity contribution in [2.75, 3.05) is 0 Å². The number of ether oxygens (including phenoxy) is 1. The van der Waals surface area contributed by atoms with E-state index in [2.05, 4.69) is 9.97 Å². The average Bonchev–Trinajstić information content (AvgIpc) is 2.55. The third-order valence-corrected chi connectivity index (χ3v) is 3.27. The summed E-state index contributed by atoms with van der Waals surface area (Å²) in [4.78, 5) is 8.80. The summed E-state index contributed by atoms with van der Waals surface area (Å²) < 4.78 is 5.89. The molecule has 0 saturated carbocycles. The van der Waals surface area contributed by atoms with Crippen LogP contribution < -0.4 is 4.74 Å². The quantitative estimate of drug-likeness (QED) is 0.795. The van der Waals surface area contributed by atoms with Gasteiger partial charge in [-0.2, -0.15) is 0 Å². The number of nitrogens with zero attached hydrogens (tertiary/aromatic N) is 2. The SMILES string of the molecule is CCc1cc(CO)cc(Oc2cccc3cccnc23)n1. The molecule has 3 aromatic rings. The van der Waals surface area contributed by atoms with Gasteiger partial charge in [-0.15, -0.1) is 0 Å². The normalized spacial score (nSPS) is 10.8. The minimum absolute atomic E-state index is 0.0281. The second kappa shape index (κ2) is 5.89. The summed E-state index contributed by atoms with van der Waals surface area (Å²) in [7, 11) is 0. The van der Waals surface area contributed by atoms with Crippen molar-refractivity contribution < 1.29 is 9.84 Å². The first-order valence-electron chi connectivity index (χ1n) is 6.92. The zero-order valence-electron chi connectivity index (χ0n) is 11.8. The highest BCUT2D eigenvalue weighted by Gasteiger charge is 2.07. The smallest absolute Gasteiger partial charge is 0.219 e. The lowest BCUT2D eigenvalue weighted by Gasteiger charge is -2.10. The van der Waals surface area contributed by atoms with Crippen molar-refractivity contribution in [1.29, 1.82) is 0 Å². The molecular formula is C17H16N2O2. The molecule has 2 aromatic heterocycles. The van der Waals surface area contributed by atoms with Crippen molar-refractivity contribution in [3.63, 3.8) is 0 Å². The van der Waals surface area contributed by atoms with Crippen molar-refractivity contribution >= 4 is 10.9 Å². The molecule has 1 N–H and O–H groups in total. The molecule has 0 radical (unpaired) electrons. The minimum Gasteiger partial charge on any atom is -0.437 e. The summed E-state index contributed by atoms with van der Waals surface area (Å²) in [5.41, 5.74) is 2.49. The van der Waals surface area contributed by atoms with Crippen LogP contribution in [0.3, 0.4) is 0 Å². The van der Waals surface area contributed by atoms with Gasteiger partial charge in [0, 0.05) is 23.3 Å². The molecule has 0 aliphatic carbocycles. The number of aromatic nitrogens is 2. The number of fused-ring (bicyclic) bond motifs is 1. The predicted octanol–water partition coefficient (Wildman–Crippen LogP) is 3.48. The van der Waals surface area contributed by atoms with Crippen LogP contribution in [0.5, 0.6) is 11.6 Å². The van der Waals surface area contributed by atoms with Crippen LogP contribution in [0, 0.1) is 0 Å². The Kier molecular flexibility index (Phi) is 3.79. The number of hydrogen-bond donors (Lipinski definition) is 1. The maximum absolute atomic E-state index is 9.32. The van der Waals surface area contributed by atoms with E-state index in [0.29, 0.717) is 11.6 Å². The molecule has 0 saturated heterocycles. The van der Waals surface area contributed by atoms with E-state index in [-0.39, 0.29) is 6.61 Å². The average molecular weight is 280 g/mol. The molecule has 3 rings (SSSR count). The van der Waals surface area contributed by atoms with Crippen molar-refractivity contribution in [1.82, 2.24) is 9.97 Å². The lowest BCUT2D eigenvalue weighted by Crippen LogP contribution is -1.96. The summed E-state index contributed by atoms with van der Waals surface area (Å²) >= 11 is 0. The molecule has 106 valence electrons. The van der Waals surface area contributed by atoms with Gasteiger partial charge in [-0.1, -0.05) is 25.1 Å². The molecule has 0 bridgehead atoms. The van der Waals surface area contributed by atoms with Crippen molar-refractivity contribution in [3.8, 4) is 11.6 Å². The Labute approximate surface area is 123 Å². The Hall–Kier alpha value is -2.46. The molecule has 0 unspecified atom stereocenters. The second-order valence-corrected chi connectivity index (χ2v) is 4.75. The van der Waals surface area contributed by atoms with E-state index in [4.69, 9.17) is 4.74 Å². The fourth-order valence-electron chi connectivity index (χ4n) is 2.22. The van der Waals surface area contributed by atoms with Gasteiger partial charge >= 0.3 is 0 Å². The fraction of sp³-hybridized carbons (Fsp3) is 0.176. The topological polar surface area (TPSA) is 55.2 Å². The summed E-state index contributed by atoms with van der Waals surface area (Å²) in [5.74, 6) is 1.15. The monoisotopic (exact) mass is 280 g/mol. The van der Waals surface area contributed by atoms with Crippen LogP contribution in [-0.2, 0) is 13.0 Å². The van der Waals surface area contributed by atoms with E-state index in [1.165, 1.54) is 0 Å². The van der Waals surface area contributed by atoms with E-state index in [9.17, 15) is 5.11 Å². The second-order valence-electron chi connectivity index (χ2n) is 4.75. The van der Waals surface area contributed by atoms with E-state index in [1.54, 1.807) is 12.3 Å². The molecule has 0 aliphatic heterocycles. The number of rotatable bonds is 4. The number of hydrogen-bond acceptors (Lipinski definition) is 4. The van der Waals surface area contributed by atoms with Crippen LogP contribution in [0.4, 0.5) is 0 Å². The lowest BCUT2D eigenvalue weighted by molar-refractivity contribution is 0.281. The standard InChI is InChI=1S/C17H16N2O2/c1-2-14-9-12(11-20)10-16(19-14)21-15-7-3-5-13-6-4-8-18-17(13)15/h3-10,20H,2,11H2,1H3. The predicted molar refractivity (Wildman–Crippen MR) is 81.4 cm³/mol. The summed E-state index contributed by atoms with van der Waals surface area (Å²) in [6, 6.07) is 13.3. The molecule has 2 heterocycles. The van der Waals surface area contributed by atoms with Crippen LogP contribution in [0.2, 0.25) is 0 Å². The number of pyridine rings is 2. The molecule has 0 fully saturated rings. The lowest BCUT2D eigenvalue weighted by atomic mass is 10.2. The van der Waals surface area contributed by atoms with Gasteiger partial charge in [0.25, 0.3) is 0 Å². The molecule has 4 heteroatoms. The van der Waals surface area contributed by atoms with Crippen LogP contribution in [0.25, 0.3) is 10.9 Å². The molecule has 0 aliphatic rings. The van der Waals surface area contributed by atoms with E-state index in [0.717, 1.165) is 28.6 Å². The molecule has 0 amide bonds. The van der Waals surface area contributed by atoms with Crippen LogP contribution >= 0.6 is 0 Å². The Morgan fingerprint density at radius 1 is 1.14 bits per heavy atom. The maximum atomic E-state index is 9.32. The molecular weight excluding hydrogens is 264 g/mol. The third-order valence-electron chi connectivity index (χ3n) is 3.27. The van der Waals surface area contributed by atoms with Gasteiger partial charge in [0.15, 0.2) is 5.75 Å². The zero-order valence-corrected chi connectivity index (χ0v) is 11.8. The first-order valence-corrected chi connectivity index (χ1v) is 6.92.